The predicted molar refractivity (Wildman–Crippen MR) is 111 cm³/mol. The van der Waals surface area contributed by atoms with Crippen LogP contribution in [0.3, 0.4) is 0 Å². The van der Waals surface area contributed by atoms with Crippen molar-refractivity contribution in [3.8, 4) is 11.5 Å². The normalized spacial score (nSPS) is 25.8. The number of fused-ring (bicyclic) bond motifs is 4. The van der Waals surface area contributed by atoms with Crippen molar-refractivity contribution >= 4 is 0 Å². The Hall–Kier alpha value is -2.56. The highest BCUT2D eigenvalue weighted by molar-refractivity contribution is 5.37. The molecule has 2 aromatic carbocycles. The van der Waals surface area contributed by atoms with E-state index in [-0.39, 0.29) is 12.8 Å². The second-order valence-electron chi connectivity index (χ2n) is 7.22. The van der Waals surface area contributed by atoms with Crippen LogP contribution in [-0.4, -0.2) is 23.4 Å². The van der Waals surface area contributed by atoms with Crippen LogP contribution in [0, 0.1) is 0 Å². The molecule has 1 aliphatic rings. The van der Waals surface area contributed by atoms with E-state index in [2.05, 4.69) is 13.2 Å². The van der Waals surface area contributed by atoms with E-state index in [1.807, 2.05) is 48.5 Å². The summed E-state index contributed by atoms with van der Waals surface area (Å²) in [6.45, 7) is 8.79. The molecule has 0 saturated carbocycles. The Balaban J connectivity index is 1.97. The van der Waals surface area contributed by atoms with Crippen molar-refractivity contribution in [3.05, 3.63) is 85.0 Å². The molecular formula is C24H28O4. The lowest BCUT2D eigenvalue weighted by Crippen LogP contribution is -2.29. The fraction of sp³-hybridized carbons (Fsp3) is 0.333. The van der Waals surface area contributed by atoms with Crippen LogP contribution in [0.25, 0.3) is 0 Å². The zero-order chi connectivity index (χ0) is 20.0. The van der Waals surface area contributed by atoms with Gasteiger partial charge in [-0.05, 0) is 61.1 Å². The molecule has 2 aromatic rings. The Bertz CT molecular complexity index is 761. The molecule has 2 N–H and O–H groups in total. The van der Waals surface area contributed by atoms with Crippen LogP contribution in [0.15, 0.2) is 73.8 Å². The average Bonchev–Trinajstić information content (AvgIpc) is 2.74. The van der Waals surface area contributed by atoms with Crippen molar-refractivity contribution in [1.82, 2.24) is 0 Å². The highest BCUT2D eigenvalue weighted by Crippen LogP contribution is 2.37. The number of ether oxygens (including phenoxy) is 2. The zero-order valence-corrected chi connectivity index (χ0v) is 16.1. The van der Waals surface area contributed by atoms with Crippen LogP contribution < -0.4 is 9.47 Å². The van der Waals surface area contributed by atoms with Gasteiger partial charge in [-0.1, -0.05) is 49.6 Å². The first-order chi connectivity index (χ1) is 13.5. The van der Waals surface area contributed by atoms with Crippen molar-refractivity contribution in [3.63, 3.8) is 0 Å². The van der Waals surface area contributed by atoms with Crippen LogP contribution in [-0.2, 0) is 11.2 Å². The fourth-order valence-electron chi connectivity index (χ4n) is 3.40. The van der Waals surface area contributed by atoms with E-state index in [9.17, 15) is 10.2 Å². The number of hydrogen-bond acceptors (Lipinski definition) is 4. The Morgan fingerprint density at radius 2 is 1.18 bits per heavy atom. The van der Waals surface area contributed by atoms with Gasteiger partial charge in [-0.3, -0.25) is 0 Å². The third kappa shape index (κ3) is 4.46. The molecule has 4 bridgehead atoms. The molecule has 0 saturated heterocycles. The number of rotatable bonds is 2. The summed E-state index contributed by atoms with van der Waals surface area (Å²) in [5, 5.41) is 22.4. The Kier molecular flexibility index (Phi) is 6.22. The molecule has 0 amide bonds. The van der Waals surface area contributed by atoms with Crippen molar-refractivity contribution < 1.29 is 19.7 Å². The Labute approximate surface area is 166 Å². The first-order valence-corrected chi connectivity index (χ1v) is 9.68. The van der Waals surface area contributed by atoms with E-state index in [4.69, 9.17) is 9.47 Å². The summed E-state index contributed by atoms with van der Waals surface area (Å²) in [6.07, 6.45) is 5.27. The molecule has 4 heteroatoms. The van der Waals surface area contributed by atoms with Crippen LogP contribution in [0.1, 0.15) is 36.8 Å². The molecule has 28 heavy (non-hydrogen) atoms. The quantitative estimate of drug-likeness (QED) is 0.755. The van der Waals surface area contributed by atoms with Crippen LogP contribution >= 0.6 is 0 Å². The van der Waals surface area contributed by atoms with Crippen molar-refractivity contribution in [2.45, 2.75) is 36.9 Å². The van der Waals surface area contributed by atoms with Crippen LogP contribution in [0.4, 0.5) is 0 Å². The Morgan fingerprint density at radius 3 is 1.57 bits per heavy atom. The van der Waals surface area contributed by atoms with Crippen molar-refractivity contribution in [1.29, 1.82) is 0 Å². The number of aliphatic hydroxyl groups is 2. The van der Waals surface area contributed by atoms with Crippen molar-refractivity contribution in [2.24, 2.45) is 0 Å². The zero-order valence-electron chi connectivity index (χ0n) is 16.1. The largest absolute Gasteiger partial charge is 0.494 e. The van der Waals surface area contributed by atoms with E-state index >= 15 is 0 Å². The first-order valence-electron chi connectivity index (χ1n) is 9.68. The van der Waals surface area contributed by atoms with Crippen LogP contribution in [0.5, 0.6) is 11.5 Å². The predicted octanol–water partition coefficient (Wildman–Crippen LogP) is 4.47. The van der Waals surface area contributed by atoms with Gasteiger partial charge in [0.1, 0.15) is 22.7 Å². The lowest BCUT2D eigenvalue weighted by Gasteiger charge is -2.31. The minimum Gasteiger partial charge on any atom is -0.494 e. The lowest BCUT2D eigenvalue weighted by molar-refractivity contribution is 0.0243. The minimum atomic E-state index is -1.29. The molecule has 1 heterocycles. The standard InChI is InChI=1S/C24H28O4/c1-3-23(25)13-14-24(26,4-2)20-10-8-12-22(18-20)28-16-6-5-15-27-21-11-7-9-19(23)17-21/h3-4,7-12,17-18,25-26H,1-2,5-6,13-16H2. The maximum atomic E-state index is 11.2. The van der Waals surface area contributed by atoms with Gasteiger partial charge in [0.05, 0.1) is 13.2 Å². The summed E-state index contributed by atoms with van der Waals surface area (Å²) in [6, 6.07) is 14.8. The fourth-order valence-corrected chi connectivity index (χ4v) is 3.40. The van der Waals surface area contributed by atoms with Gasteiger partial charge in [-0.2, -0.15) is 0 Å². The minimum absolute atomic E-state index is 0.271. The maximum Gasteiger partial charge on any atom is 0.119 e. The summed E-state index contributed by atoms with van der Waals surface area (Å²) in [7, 11) is 0. The molecule has 148 valence electrons. The van der Waals surface area contributed by atoms with E-state index in [1.54, 1.807) is 0 Å². The summed E-state index contributed by atoms with van der Waals surface area (Å²) in [5.74, 6) is 1.41. The van der Waals surface area contributed by atoms with Gasteiger partial charge in [0.25, 0.3) is 0 Å². The summed E-state index contributed by atoms with van der Waals surface area (Å²) < 4.78 is 11.6. The number of hydrogen-bond donors (Lipinski definition) is 2. The molecule has 2 unspecified atom stereocenters. The molecular weight excluding hydrogens is 352 g/mol. The third-order valence-corrected chi connectivity index (χ3v) is 5.31. The van der Waals surface area contributed by atoms with Crippen LogP contribution in [0.2, 0.25) is 0 Å². The first kappa shape index (κ1) is 20.2. The van der Waals surface area contributed by atoms with Gasteiger partial charge in [0, 0.05) is 0 Å². The highest BCUT2D eigenvalue weighted by atomic mass is 16.5. The SMILES string of the molecule is C=CC1(O)CCC(O)(C=C)c2cccc(c2)OCCCCOc2cccc1c2. The number of benzene rings is 2. The molecule has 1 aliphatic heterocycles. The van der Waals surface area contributed by atoms with Crippen molar-refractivity contribution in [2.75, 3.05) is 13.2 Å². The van der Waals surface area contributed by atoms with Gasteiger partial charge in [-0.25, -0.2) is 0 Å². The second kappa shape index (κ2) is 8.63. The monoisotopic (exact) mass is 380 g/mol. The lowest BCUT2D eigenvalue weighted by atomic mass is 9.81. The summed E-state index contributed by atoms with van der Waals surface area (Å²) in [5.41, 5.74) is -1.20. The van der Waals surface area contributed by atoms with Gasteiger partial charge >= 0.3 is 0 Å². The van der Waals surface area contributed by atoms with E-state index < -0.39 is 11.2 Å². The third-order valence-electron chi connectivity index (χ3n) is 5.31. The molecule has 0 aromatic heterocycles. The molecule has 4 nitrogen and oxygen atoms in total. The molecule has 3 rings (SSSR count). The molecule has 0 spiro atoms. The van der Waals surface area contributed by atoms with Gasteiger partial charge in [0.15, 0.2) is 0 Å². The van der Waals surface area contributed by atoms with E-state index in [1.165, 1.54) is 12.2 Å². The summed E-state index contributed by atoms with van der Waals surface area (Å²) in [4.78, 5) is 0. The van der Waals surface area contributed by atoms with E-state index in [0.29, 0.717) is 35.8 Å². The average molecular weight is 380 g/mol. The molecule has 0 radical (unpaired) electrons. The highest BCUT2D eigenvalue weighted by Gasteiger charge is 2.33. The van der Waals surface area contributed by atoms with E-state index in [0.717, 1.165) is 12.8 Å². The molecule has 0 fully saturated rings. The molecule has 0 aliphatic carbocycles. The summed E-state index contributed by atoms with van der Waals surface area (Å²) >= 11 is 0. The molecule has 2 atom stereocenters. The Morgan fingerprint density at radius 1 is 0.750 bits per heavy atom. The topological polar surface area (TPSA) is 58.9 Å². The second-order valence-corrected chi connectivity index (χ2v) is 7.22. The maximum absolute atomic E-state index is 11.2. The smallest absolute Gasteiger partial charge is 0.119 e. The van der Waals surface area contributed by atoms with Gasteiger partial charge in [-0.15, -0.1) is 0 Å². The van der Waals surface area contributed by atoms with Gasteiger partial charge in [0.2, 0.25) is 0 Å². The van der Waals surface area contributed by atoms with Gasteiger partial charge < -0.3 is 19.7 Å².